The van der Waals surface area contributed by atoms with E-state index in [0.29, 0.717) is 29.1 Å². The van der Waals surface area contributed by atoms with Crippen LogP contribution in [0.25, 0.3) is 10.9 Å². The number of pyridine rings is 1. The molecule has 0 amide bonds. The van der Waals surface area contributed by atoms with Gasteiger partial charge in [0.05, 0.1) is 16.2 Å². The van der Waals surface area contributed by atoms with Crippen molar-refractivity contribution >= 4 is 28.2 Å². The van der Waals surface area contributed by atoms with Crippen molar-refractivity contribution in [2.75, 3.05) is 12.5 Å². The van der Waals surface area contributed by atoms with Gasteiger partial charge in [0.1, 0.15) is 17.9 Å². The van der Waals surface area contributed by atoms with Gasteiger partial charge in [-0.15, -0.1) is 11.6 Å². The number of hydrogen-bond acceptors (Lipinski definition) is 4. The molecule has 0 bridgehead atoms. The normalized spacial score (nSPS) is 10.4. The molecule has 0 unspecified atom stereocenters. The molecule has 1 heterocycles. The highest BCUT2D eigenvalue weighted by Crippen LogP contribution is 2.31. The predicted octanol–water partition coefficient (Wildman–Crippen LogP) is 2.76. The van der Waals surface area contributed by atoms with Gasteiger partial charge in [-0.05, 0) is 18.2 Å². The number of ether oxygens (including phenoxy) is 1. The standard InChI is InChI=1S/C11H9ClN2O3/c12-5-7-17-10-4-3-9(14(15)16)8-2-1-6-13-11(8)10/h1-4,6H,5,7H2. The van der Waals surface area contributed by atoms with Gasteiger partial charge in [-0.1, -0.05) is 0 Å². The minimum atomic E-state index is -0.435. The molecule has 0 aliphatic carbocycles. The Morgan fingerprint density at radius 3 is 2.94 bits per heavy atom. The van der Waals surface area contributed by atoms with Crippen LogP contribution in [0.4, 0.5) is 5.69 Å². The highest BCUT2D eigenvalue weighted by Gasteiger charge is 2.15. The van der Waals surface area contributed by atoms with Crippen molar-refractivity contribution in [3.05, 3.63) is 40.6 Å². The minimum absolute atomic E-state index is 0.0197. The summed E-state index contributed by atoms with van der Waals surface area (Å²) in [6.07, 6.45) is 1.57. The van der Waals surface area contributed by atoms with E-state index in [0.717, 1.165) is 0 Å². The molecular formula is C11H9ClN2O3. The van der Waals surface area contributed by atoms with Crippen molar-refractivity contribution in [2.24, 2.45) is 0 Å². The summed E-state index contributed by atoms with van der Waals surface area (Å²) in [7, 11) is 0. The van der Waals surface area contributed by atoms with Gasteiger partial charge in [0.25, 0.3) is 5.69 Å². The predicted molar refractivity (Wildman–Crippen MR) is 64.6 cm³/mol. The molecule has 0 saturated carbocycles. The third kappa shape index (κ3) is 2.29. The van der Waals surface area contributed by atoms with E-state index in [1.165, 1.54) is 6.07 Å². The summed E-state index contributed by atoms with van der Waals surface area (Å²) >= 11 is 5.53. The van der Waals surface area contributed by atoms with E-state index < -0.39 is 4.92 Å². The lowest BCUT2D eigenvalue weighted by atomic mass is 10.1. The van der Waals surface area contributed by atoms with Gasteiger partial charge in [-0.25, -0.2) is 0 Å². The Balaban J connectivity index is 2.58. The third-order valence-corrected chi connectivity index (χ3v) is 2.40. The number of nitrogens with zero attached hydrogens (tertiary/aromatic N) is 2. The van der Waals surface area contributed by atoms with Gasteiger partial charge in [0.15, 0.2) is 0 Å². The highest BCUT2D eigenvalue weighted by molar-refractivity contribution is 6.18. The van der Waals surface area contributed by atoms with Gasteiger partial charge in [-0.3, -0.25) is 15.1 Å². The van der Waals surface area contributed by atoms with Crippen LogP contribution in [0.1, 0.15) is 0 Å². The lowest BCUT2D eigenvalue weighted by Gasteiger charge is -2.07. The first-order valence-corrected chi connectivity index (χ1v) is 5.48. The van der Waals surface area contributed by atoms with Crippen molar-refractivity contribution in [3.63, 3.8) is 0 Å². The Kier molecular flexibility index (Phi) is 3.39. The van der Waals surface area contributed by atoms with Crippen LogP contribution in [-0.2, 0) is 0 Å². The zero-order valence-electron chi connectivity index (χ0n) is 8.80. The number of benzene rings is 1. The van der Waals surface area contributed by atoms with Crippen LogP contribution < -0.4 is 4.74 Å². The van der Waals surface area contributed by atoms with Crippen LogP contribution in [0.2, 0.25) is 0 Å². The number of halogens is 1. The van der Waals surface area contributed by atoms with Gasteiger partial charge < -0.3 is 4.74 Å². The number of fused-ring (bicyclic) bond motifs is 1. The summed E-state index contributed by atoms with van der Waals surface area (Å²) < 4.78 is 5.39. The maximum Gasteiger partial charge on any atom is 0.279 e. The molecule has 2 rings (SSSR count). The molecule has 88 valence electrons. The van der Waals surface area contributed by atoms with Crippen LogP contribution in [0.15, 0.2) is 30.5 Å². The molecule has 6 heteroatoms. The Morgan fingerprint density at radius 2 is 2.24 bits per heavy atom. The van der Waals surface area contributed by atoms with E-state index in [1.807, 2.05) is 0 Å². The van der Waals surface area contributed by atoms with Crippen LogP contribution >= 0.6 is 11.6 Å². The van der Waals surface area contributed by atoms with E-state index in [-0.39, 0.29) is 5.69 Å². The fourth-order valence-corrected chi connectivity index (χ4v) is 1.63. The van der Waals surface area contributed by atoms with Crippen molar-refractivity contribution in [3.8, 4) is 5.75 Å². The number of hydrogen-bond donors (Lipinski definition) is 0. The van der Waals surface area contributed by atoms with Crippen LogP contribution in [0.3, 0.4) is 0 Å². The molecule has 0 spiro atoms. The number of aromatic nitrogens is 1. The van der Waals surface area contributed by atoms with Crippen LogP contribution in [0.5, 0.6) is 5.75 Å². The molecule has 0 saturated heterocycles. The van der Waals surface area contributed by atoms with E-state index >= 15 is 0 Å². The lowest BCUT2D eigenvalue weighted by Crippen LogP contribution is -2.00. The zero-order chi connectivity index (χ0) is 12.3. The number of non-ortho nitro benzene ring substituents is 1. The monoisotopic (exact) mass is 252 g/mol. The molecule has 17 heavy (non-hydrogen) atoms. The van der Waals surface area contributed by atoms with Gasteiger partial charge in [-0.2, -0.15) is 0 Å². The Bertz CT molecular complexity index is 559. The molecule has 0 atom stereocenters. The fourth-order valence-electron chi connectivity index (χ4n) is 1.56. The largest absolute Gasteiger partial charge is 0.490 e. The summed E-state index contributed by atoms with van der Waals surface area (Å²) in [5.41, 5.74) is 0.498. The van der Waals surface area contributed by atoms with Crippen molar-refractivity contribution in [1.29, 1.82) is 0 Å². The van der Waals surface area contributed by atoms with Gasteiger partial charge in [0.2, 0.25) is 0 Å². The molecule has 0 radical (unpaired) electrons. The first-order chi connectivity index (χ1) is 8.24. The first-order valence-electron chi connectivity index (χ1n) is 4.95. The van der Waals surface area contributed by atoms with Crippen molar-refractivity contribution in [1.82, 2.24) is 4.98 Å². The second-order valence-corrected chi connectivity index (χ2v) is 3.65. The molecule has 0 N–H and O–H groups in total. The molecule has 0 fully saturated rings. The highest BCUT2D eigenvalue weighted by atomic mass is 35.5. The first kappa shape index (κ1) is 11.6. The number of nitro benzene ring substituents is 1. The average Bonchev–Trinajstić information content (AvgIpc) is 2.35. The summed E-state index contributed by atoms with van der Waals surface area (Å²) in [5.74, 6) is 0.859. The molecule has 0 aliphatic heterocycles. The van der Waals surface area contributed by atoms with E-state index in [9.17, 15) is 10.1 Å². The molecular weight excluding hydrogens is 244 g/mol. The Morgan fingerprint density at radius 1 is 1.41 bits per heavy atom. The topological polar surface area (TPSA) is 65.3 Å². The fraction of sp³-hybridized carbons (Fsp3) is 0.182. The number of alkyl halides is 1. The van der Waals surface area contributed by atoms with Gasteiger partial charge >= 0.3 is 0 Å². The van der Waals surface area contributed by atoms with E-state index in [2.05, 4.69) is 4.98 Å². The SMILES string of the molecule is O=[N+]([O-])c1ccc(OCCCl)c2ncccc12. The maximum atomic E-state index is 10.9. The molecule has 5 nitrogen and oxygen atoms in total. The molecule has 1 aromatic heterocycles. The third-order valence-electron chi connectivity index (χ3n) is 2.24. The second kappa shape index (κ2) is 4.97. The molecule has 2 aromatic rings. The van der Waals surface area contributed by atoms with Crippen molar-refractivity contribution in [2.45, 2.75) is 0 Å². The summed E-state index contributed by atoms with van der Waals surface area (Å²) in [6.45, 7) is 0.338. The molecule has 1 aromatic carbocycles. The van der Waals surface area contributed by atoms with E-state index in [1.54, 1.807) is 24.4 Å². The number of rotatable bonds is 4. The lowest BCUT2D eigenvalue weighted by molar-refractivity contribution is -0.383. The molecule has 0 aliphatic rings. The summed E-state index contributed by atoms with van der Waals surface area (Å²) in [6, 6.07) is 6.25. The second-order valence-electron chi connectivity index (χ2n) is 3.28. The van der Waals surface area contributed by atoms with Crippen molar-refractivity contribution < 1.29 is 9.66 Å². The maximum absolute atomic E-state index is 10.9. The van der Waals surface area contributed by atoms with E-state index in [4.69, 9.17) is 16.3 Å². The summed E-state index contributed by atoms with van der Waals surface area (Å²) in [4.78, 5) is 14.5. The number of nitro groups is 1. The minimum Gasteiger partial charge on any atom is -0.490 e. The summed E-state index contributed by atoms with van der Waals surface area (Å²) in [5, 5.41) is 11.3. The van der Waals surface area contributed by atoms with Crippen LogP contribution in [-0.4, -0.2) is 22.4 Å². The van der Waals surface area contributed by atoms with Gasteiger partial charge in [0, 0.05) is 12.3 Å². The Labute approximate surface area is 102 Å². The quantitative estimate of drug-likeness (QED) is 0.477. The Hall–Kier alpha value is -1.88. The zero-order valence-corrected chi connectivity index (χ0v) is 9.55. The smallest absolute Gasteiger partial charge is 0.279 e. The van der Waals surface area contributed by atoms with Crippen LogP contribution in [0, 0.1) is 10.1 Å². The average molecular weight is 253 g/mol.